The predicted octanol–water partition coefficient (Wildman–Crippen LogP) is 3.12. The van der Waals surface area contributed by atoms with Gasteiger partial charge in [-0.3, -0.25) is 4.68 Å². The van der Waals surface area contributed by atoms with Crippen molar-refractivity contribution in [3.05, 3.63) is 34.0 Å². The summed E-state index contributed by atoms with van der Waals surface area (Å²) >= 11 is 1.76. The van der Waals surface area contributed by atoms with Crippen LogP contribution in [-0.4, -0.2) is 21.3 Å². The first-order valence-electron chi connectivity index (χ1n) is 6.80. The van der Waals surface area contributed by atoms with E-state index >= 15 is 0 Å². The first kappa shape index (κ1) is 14.2. The number of hydrogen-bond acceptors (Lipinski definition) is 4. The monoisotopic (exact) mass is 278 g/mol. The second kappa shape index (κ2) is 6.30. The Bertz CT molecular complexity index is 515. The summed E-state index contributed by atoms with van der Waals surface area (Å²) < 4.78 is 2.01. The van der Waals surface area contributed by atoms with Crippen LogP contribution in [0.15, 0.2) is 18.5 Å². The number of rotatable bonds is 6. The number of likely N-dealkylation sites (N-methyl/N-ethyl adjacent to an activating group) is 1. The van der Waals surface area contributed by atoms with E-state index < -0.39 is 0 Å². The molecule has 5 heteroatoms. The lowest BCUT2D eigenvalue weighted by Crippen LogP contribution is -2.22. The molecule has 0 fully saturated rings. The van der Waals surface area contributed by atoms with E-state index in [2.05, 4.69) is 48.4 Å². The fourth-order valence-electron chi connectivity index (χ4n) is 2.04. The average molecular weight is 278 g/mol. The normalized spacial score (nSPS) is 13.1. The number of aryl methyl sites for hydroxylation is 1. The van der Waals surface area contributed by atoms with Crippen molar-refractivity contribution in [3.63, 3.8) is 0 Å². The molecule has 0 bridgehead atoms. The molecule has 0 aromatic carbocycles. The third-order valence-electron chi connectivity index (χ3n) is 3.04. The van der Waals surface area contributed by atoms with Gasteiger partial charge in [-0.15, -0.1) is 11.3 Å². The van der Waals surface area contributed by atoms with E-state index in [0.717, 1.165) is 23.7 Å². The lowest BCUT2D eigenvalue weighted by atomic mass is 10.1. The average Bonchev–Trinajstić information content (AvgIpc) is 2.97. The van der Waals surface area contributed by atoms with Crippen LogP contribution in [0, 0.1) is 6.92 Å². The summed E-state index contributed by atoms with van der Waals surface area (Å²) in [7, 11) is 0. The molecule has 19 heavy (non-hydrogen) atoms. The maximum absolute atomic E-state index is 4.63. The van der Waals surface area contributed by atoms with Crippen LogP contribution in [0.1, 0.15) is 48.4 Å². The van der Waals surface area contributed by atoms with E-state index in [0.29, 0.717) is 12.1 Å². The maximum atomic E-state index is 4.63. The standard InChI is InChI=1S/C14H22N4S/c1-5-15-13(14-9-16-11(4)19-14)8-12-6-7-18(17-12)10(2)3/h6-7,9-10,13,15H,5,8H2,1-4H3. The molecule has 2 aromatic heterocycles. The van der Waals surface area contributed by atoms with Crippen LogP contribution < -0.4 is 5.32 Å². The lowest BCUT2D eigenvalue weighted by Gasteiger charge is -2.14. The molecule has 2 heterocycles. The molecule has 0 aliphatic carbocycles. The molecule has 0 aliphatic heterocycles. The number of aromatic nitrogens is 3. The Morgan fingerprint density at radius 2 is 2.21 bits per heavy atom. The van der Waals surface area contributed by atoms with Gasteiger partial charge in [-0.2, -0.15) is 5.10 Å². The molecule has 0 saturated heterocycles. The summed E-state index contributed by atoms with van der Waals surface area (Å²) in [5.41, 5.74) is 1.13. The Morgan fingerprint density at radius 3 is 2.74 bits per heavy atom. The number of hydrogen-bond donors (Lipinski definition) is 1. The molecule has 1 N–H and O–H groups in total. The van der Waals surface area contributed by atoms with Gasteiger partial charge in [0.05, 0.1) is 10.7 Å². The SMILES string of the molecule is CCNC(Cc1ccn(C(C)C)n1)c1cnc(C)s1. The minimum absolute atomic E-state index is 0.312. The minimum Gasteiger partial charge on any atom is -0.309 e. The smallest absolute Gasteiger partial charge is 0.0897 e. The number of thiazole rings is 1. The second-order valence-corrected chi connectivity index (χ2v) is 6.24. The third kappa shape index (κ3) is 3.64. The van der Waals surface area contributed by atoms with Crippen LogP contribution in [0.25, 0.3) is 0 Å². The highest BCUT2D eigenvalue weighted by molar-refractivity contribution is 7.11. The number of nitrogens with one attached hydrogen (secondary N) is 1. The number of nitrogens with zero attached hydrogens (tertiary/aromatic N) is 3. The van der Waals surface area contributed by atoms with Crippen molar-refractivity contribution >= 4 is 11.3 Å². The van der Waals surface area contributed by atoms with E-state index in [4.69, 9.17) is 0 Å². The van der Waals surface area contributed by atoms with E-state index in [-0.39, 0.29) is 0 Å². The molecular weight excluding hydrogens is 256 g/mol. The van der Waals surface area contributed by atoms with Gasteiger partial charge in [0.25, 0.3) is 0 Å². The topological polar surface area (TPSA) is 42.7 Å². The van der Waals surface area contributed by atoms with Gasteiger partial charge >= 0.3 is 0 Å². The zero-order valence-electron chi connectivity index (χ0n) is 12.1. The molecule has 0 spiro atoms. The Balaban J connectivity index is 2.11. The lowest BCUT2D eigenvalue weighted by molar-refractivity contribution is 0.509. The first-order chi connectivity index (χ1) is 9.10. The Labute approximate surface area is 118 Å². The molecule has 0 aliphatic rings. The van der Waals surface area contributed by atoms with Gasteiger partial charge in [-0.05, 0) is 33.4 Å². The van der Waals surface area contributed by atoms with Gasteiger partial charge in [0, 0.05) is 35.8 Å². The summed E-state index contributed by atoms with van der Waals surface area (Å²) in [5.74, 6) is 0. The molecule has 0 radical (unpaired) electrons. The Morgan fingerprint density at radius 1 is 1.42 bits per heavy atom. The van der Waals surface area contributed by atoms with Crippen LogP contribution in [0.5, 0.6) is 0 Å². The van der Waals surface area contributed by atoms with Gasteiger partial charge in [0.2, 0.25) is 0 Å². The zero-order valence-corrected chi connectivity index (χ0v) is 12.9. The van der Waals surface area contributed by atoms with E-state index in [9.17, 15) is 0 Å². The highest BCUT2D eigenvalue weighted by Gasteiger charge is 2.15. The van der Waals surface area contributed by atoms with Crippen LogP contribution in [0.4, 0.5) is 0 Å². The van der Waals surface area contributed by atoms with Crippen molar-refractivity contribution in [2.45, 2.75) is 46.2 Å². The molecule has 2 aromatic rings. The van der Waals surface area contributed by atoms with Gasteiger partial charge < -0.3 is 5.32 Å². The molecule has 0 saturated carbocycles. The predicted molar refractivity (Wildman–Crippen MR) is 79.6 cm³/mol. The Kier molecular flexibility index (Phi) is 4.71. The zero-order chi connectivity index (χ0) is 13.8. The fourth-order valence-corrected chi connectivity index (χ4v) is 2.90. The summed E-state index contributed by atoms with van der Waals surface area (Å²) in [4.78, 5) is 5.64. The first-order valence-corrected chi connectivity index (χ1v) is 7.61. The van der Waals surface area contributed by atoms with Gasteiger partial charge in [-0.1, -0.05) is 6.92 Å². The van der Waals surface area contributed by atoms with Crippen LogP contribution in [-0.2, 0) is 6.42 Å². The highest BCUT2D eigenvalue weighted by Crippen LogP contribution is 2.23. The maximum Gasteiger partial charge on any atom is 0.0897 e. The quantitative estimate of drug-likeness (QED) is 0.883. The molecule has 2 rings (SSSR count). The third-order valence-corrected chi connectivity index (χ3v) is 4.07. The summed E-state index contributed by atoms with van der Waals surface area (Å²) in [6, 6.07) is 2.84. The molecule has 1 unspecified atom stereocenters. The van der Waals surface area contributed by atoms with Crippen LogP contribution in [0.3, 0.4) is 0 Å². The van der Waals surface area contributed by atoms with E-state index in [1.165, 1.54) is 4.88 Å². The van der Waals surface area contributed by atoms with Gasteiger partial charge in [-0.25, -0.2) is 4.98 Å². The largest absolute Gasteiger partial charge is 0.309 e. The van der Waals surface area contributed by atoms with Crippen molar-refractivity contribution in [2.24, 2.45) is 0 Å². The fraction of sp³-hybridized carbons (Fsp3) is 0.571. The molecular formula is C14H22N4S. The molecule has 104 valence electrons. The van der Waals surface area contributed by atoms with Crippen molar-refractivity contribution in [1.29, 1.82) is 0 Å². The summed E-state index contributed by atoms with van der Waals surface area (Å²) in [5, 5.41) is 9.26. The van der Waals surface area contributed by atoms with E-state index in [1.54, 1.807) is 11.3 Å². The van der Waals surface area contributed by atoms with Crippen molar-refractivity contribution < 1.29 is 0 Å². The summed E-state index contributed by atoms with van der Waals surface area (Å²) in [6.45, 7) is 9.42. The van der Waals surface area contributed by atoms with E-state index in [1.807, 2.05) is 17.8 Å². The highest BCUT2D eigenvalue weighted by atomic mass is 32.1. The van der Waals surface area contributed by atoms with Crippen LogP contribution >= 0.6 is 11.3 Å². The van der Waals surface area contributed by atoms with Gasteiger partial charge in [0.1, 0.15) is 0 Å². The van der Waals surface area contributed by atoms with Crippen LogP contribution in [0.2, 0.25) is 0 Å². The second-order valence-electron chi connectivity index (χ2n) is 4.98. The molecule has 1 atom stereocenters. The van der Waals surface area contributed by atoms with Gasteiger partial charge in [0.15, 0.2) is 0 Å². The molecule has 4 nitrogen and oxygen atoms in total. The summed E-state index contributed by atoms with van der Waals surface area (Å²) in [6.07, 6.45) is 4.95. The Hall–Kier alpha value is -1.20. The van der Waals surface area contributed by atoms with Crippen molar-refractivity contribution in [1.82, 2.24) is 20.1 Å². The minimum atomic E-state index is 0.312. The van der Waals surface area contributed by atoms with Crippen molar-refractivity contribution in [3.8, 4) is 0 Å². The molecule has 0 amide bonds. The van der Waals surface area contributed by atoms with Crippen molar-refractivity contribution in [2.75, 3.05) is 6.54 Å².